The zero-order valence-corrected chi connectivity index (χ0v) is 13.4. The van der Waals surface area contributed by atoms with Gasteiger partial charge in [0.25, 0.3) is 0 Å². The van der Waals surface area contributed by atoms with Crippen LogP contribution >= 0.6 is 11.8 Å². The van der Waals surface area contributed by atoms with E-state index in [1.165, 1.54) is 11.8 Å². The molecule has 1 saturated heterocycles. The van der Waals surface area contributed by atoms with Gasteiger partial charge < -0.3 is 5.73 Å². The summed E-state index contributed by atoms with van der Waals surface area (Å²) in [5.41, 5.74) is 6.57. The summed E-state index contributed by atoms with van der Waals surface area (Å²) in [7, 11) is -3.13. The standard InChI is InChI=1S/C14H22N2O2S2/c1-2-12-6-5-9-16(12)20(17,18)11-10-19-14-8-4-3-7-13(14)15/h3-4,7-8,12H,2,5-6,9-11,15H2,1H3. The molecule has 0 bridgehead atoms. The quantitative estimate of drug-likeness (QED) is 0.647. The Bertz CT molecular complexity index is 546. The first-order valence-electron chi connectivity index (χ1n) is 7.01. The van der Waals surface area contributed by atoms with Crippen LogP contribution in [-0.4, -0.2) is 36.8 Å². The Kier molecular flexibility index (Phi) is 5.35. The Morgan fingerprint density at radius 1 is 1.40 bits per heavy atom. The van der Waals surface area contributed by atoms with Crippen LogP contribution in [0.5, 0.6) is 0 Å². The first-order chi connectivity index (χ1) is 9.54. The molecule has 1 unspecified atom stereocenters. The second-order valence-electron chi connectivity index (χ2n) is 5.02. The van der Waals surface area contributed by atoms with Crippen LogP contribution in [0.1, 0.15) is 26.2 Å². The normalized spacial score (nSPS) is 20.4. The van der Waals surface area contributed by atoms with Crippen molar-refractivity contribution in [2.24, 2.45) is 0 Å². The highest BCUT2D eigenvalue weighted by molar-refractivity contribution is 8.00. The third-order valence-corrected chi connectivity index (χ3v) is 6.93. The summed E-state index contributed by atoms with van der Waals surface area (Å²) >= 11 is 1.51. The van der Waals surface area contributed by atoms with Gasteiger partial charge in [-0.2, -0.15) is 4.31 Å². The minimum Gasteiger partial charge on any atom is -0.398 e. The van der Waals surface area contributed by atoms with Gasteiger partial charge in [-0.15, -0.1) is 11.8 Å². The minimum atomic E-state index is -3.13. The predicted octanol–water partition coefficient (Wildman–Crippen LogP) is 2.57. The lowest BCUT2D eigenvalue weighted by molar-refractivity contribution is 0.380. The van der Waals surface area contributed by atoms with Crippen LogP contribution in [0.3, 0.4) is 0 Å². The van der Waals surface area contributed by atoms with Gasteiger partial charge in [-0.1, -0.05) is 19.1 Å². The van der Waals surface area contributed by atoms with E-state index in [2.05, 4.69) is 6.92 Å². The van der Waals surface area contributed by atoms with Crippen molar-refractivity contribution in [1.29, 1.82) is 0 Å². The number of nitrogens with zero attached hydrogens (tertiary/aromatic N) is 1. The fourth-order valence-electron chi connectivity index (χ4n) is 2.57. The van der Waals surface area contributed by atoms with Crippen molar-refractivity contribution in [1.82, 2.24) is 4.31 Å². The summed E-state index contributed by atoms with van der Waals surface area (Å²) < 4.78 is 26.4. The monoisotopic (exact) mass is 314 g/mol. The summed E-state index contributed by atoms with van der Waals surface area (Å²) in [4.78, 5) is 0.955. The number of para-hydroxylation sites is 1. The minimum absolute atomic E-state index is 0.183. The number of nitrogen functional groups attached to an aromatic ring is 1. The Hall–Kier alpha value is -0.720. The zero-order valence-electron chi connectivity index (χ0n) is 11.8. The number of hydrogen-bond acceptors (Lipinski definition) is 4. The van der Waals surface area contributed by atoms with Gasteiger partial charge in [0.05, 0.1) is 5.75 Å². The van der Waals surface area contributed by atoms with Gasteiger partial charge in [0.1, 0.15) is 0 Å². The van der Waals surface area contributed by atoms with Gasteiger partial charge in [0.15, 0.2) is 0 Å². The van der Waals surface area contributed by atoms with E-state index in [0.29, 0.717) is 18.0 Å². The maximum absolute atomic E-state index is 12.4. The lowest BCUT2D eigenvalue weighted by atomic mass is 10.2. The number of benzene rings is 1. The SMILES string of the molecule is CCC1CCCN1S(=O)(=O)CCSc1ccccc1N. The maximum atomic E-state index is 12.4. The molecule has 1 heterocycles. The molecule has 20 heavy (non-hydrogen) atoms. The second-order valence-corrected chi connectivity index (χ2v) is 8.20. The molecular formula is C14H22N2O2S2. The van der Waals surface area contributed by atoms with Gasteiger partial charge in [0, 0.05) is 28.9 Å². The second kappa shape index (κ2) is 6.83. The molecule has 0 aliphatic carbocycles. The molecule has 1 aromatic carbocycles. The molecule has 2 N–H and O–H groups in total. The molecule has 1 aliphatic heterocycles. The van der Waals surface area contributed by atoms with E-state index < -0.39 is 10.0 Å². The van der Waals surface area contributed by atoms with Gasteiger partial charge in [-0.05, 0) is 31.4 Å². The van der Waals surface area contributed by atoms with Crippen LogP contribution in [0, 0.1) is 0 Å². The van der Waals surface area contributed by atoms with Crippen LogP contribution in [0.2, 0.25) is 0 Å². The number of sulfonamides is 1. The summed E-state index contributed by atoms with van der Waals surface area (Å²) in [6.07, 6.45) is 2.88. The number of anilines is 1. The first kappa shape index (κ1) is 15.7. The van der Waals surface area contributed by atoms with Crippen molar-refractivity contribution in [2.75, 3.05) is 23.8 Å². The van der Waals surface area contributed by atoms with Crippen LogP contribution in [0.15, 0.2) is 29.2 Å². The maximum Gasteiger partial charge on any atom is 0.215 e. The molecule has 6 heteroatoms. The van der Waals surface area contributed by atoms with Crippen molar-refractivity contribution in [3.8, 4) is 0 Å². The Balaban J connectivity index is 1.91. The lowest BCUT2D eigenvalue weighted by Gasteiger charge is -2.22. The zero-order chi connectivity index (χ0) is 14.6. The smallest absolute Gasteiger partial charge is 0.215 e. The van der Waals surface area contributed by atoms with Crippen molar-refractivity contribution >= 4 is 27.5 Å². The van der Waals surface area contributed by atoms with Gasteiger partial charge >= 0.3 is 0 Å². The molecule has 2 rings (SSSR count). The van der Waals surface area contributed by atoms with Crippen LogP contribution < -0.4 is 5.73 Å². The molecule has 4 nitrogen and oxygen atoms in total. The van der Waals surface area contributed by atoms with Crippen molar-refractivity contribution in [3.63, 3.8) is 0 Å². The summed E-state index contributed by atoms with van der Waals surface area (Å²) in [6, 6.07) is 7.76. The molecule has 1 aliphatic rings. The molecular weight excluding hydrogens is 292 g/mol. The number of thioether (sulfide) groups is 1. The average molecular weight is 314 g/mol. The van der Waals surface area contributed by atoms with E-state index in [9.17, 15) is 8.42 Å². The van der Waals surface area contributed by atoms with Crippen LogP contribution in [0.25, 0.3) is 0 Å². The Morgan fingerprint density at radius 3 is 2.85 bits per heavy atom. The van der Waals surface area contributed by atoms with Crippen molar-refractivity contribution in [2.45, 2.75) is 37.1 Å². The molecule has 0 aromatic heterocycles. The highest BCUT2D eigenvalue weighted by Crippen LogP contribution is 2.27. The highest BCUT2D eigenvalue weighted by atomic mass is 32.2. The molecule has 1 aromatic rings. The van der Waals surface area contributed by atoms with Gasteiger partial charge in [0.2, 0.25) is 10.0 Å². The van der Waals surface area contributed by atoms with E-state index in [1.54, 1.807) is 4.31 Å². The average Bonchev–Trinajstić information content (AvgIpc) is 2.90. The summed E-state index contributed by atoms with van der Waals surface area (Å²) in [6.45, 7) is 2.73. The molecule has 1 fully saturated rings. The Labute approximate surface area is 125 Å². The molecule has 0 saturated carbocycles. The van der Waals surface area contributed by atoms with E-state index in [-0.39, 0.29) is 11.8 Å². The molecule has 0 radical (unpaired) electrons. The number of nitrogens with two attached hydrogens (primary N) is 1. The van der Waals surface area contributed by atoms with Crippen molar-refractivity contribution in [3.05, 3.63) is 24.3 Å². The highest BCUT2D eigenvalue weighted by Gasteiger charge is 2.32. The molecule has 1 atom stereocenters. The van der Waals surface area contributed by atoms with E-state index in [0.717, 1.165) is 24.2 Å². The topological polar surface area (TPSA) is 63.4 Å². The van der Waals surface area contributed by atoms with E-state index in [4.69, 9.17) is 5.73 Å². The third kappa shape index (κ3) is 3.68. The van der Waals surface area contributed by atoms with Crippen LogP contribution in [-0.2, 0) is 10.0 Å². The fourth-order valence-corrected chi connectivity index (χ4v) is 5.73. The summed E-state index contributed by atoms with van der Waals surface area (Å²) in [5, 5.41) is 0. The first-order valence-corrected chi connectivity index (χ1v) is 9.61. The van der Waals surface area contributed by atoms with Gasteiger partial charge in [-0.3, -0.25) is 0 Å². The third-order valence-electron chi connectivity index (χ3n) is 3.67. The summed E-state index contributed by atoms with van der Waals surface area (Å²) in [5.74, 6) is 0.728. The fraction of sp³-hybridized carbons (Fsp3) is 0.571. The van der Waals surface area contributed by atoms with Crippen molar-refractivity contribution < 1.29 is 8.42 Å². The van der Waals surface area contributed by atoms with Gasteiger partial charge in [-0.25, -0.2) is 8.42 Å². The van der Waals surface area contributed by atoms with Crippen LogP contribution in [0.4, 0.5) is 5.69 Å². The molecule has 0 amide bonds. The van der Waals surface area contributed by atoms with E-state index in [1.807, 2.05) is 24.3 Å². The number of hydrogen-bond donors (Lipinski definition) is 1. The largest absolute Gasteiger partial charge is 0.398 e. The Morgan fingerprint density at radius 2 is 2.15 bits per heavy atom. The predicted molar refractivity (Wildman–Crippen MR) is 85.4 cm³/mol. The lowest BCUT2D eigenvalue weighted by Crippen LogP contribution is -2.37. The number of rotatable bonds is 6. The molecule has 0 spiro atoms. The molecule has 112 valence electrons. The van der Waals surface area contributed by atoms with E-state index >= 15 is 0 Å².